The first-order valence-corrected chi connectivity index (χ1v) is 5.90. The third kappa shape index (κ3) is 6.81. The van der Waals surface area contributed by atoms with Gasteiger partial charge in [-0.1, -0.05) is 19.8 Å². The van der Waals surface area contributed by atoms with Crippen molar-refractivity contribution in [2.45, 2.75) is 52.6 Å². The first-order chi connectivity index (χ1) is 7.81. The molecule has 0 aromatic heterocycles. The summed E-state index contributed by atoms with van der Waals surface area (Å²) < 4.78 is 9.70. The molecule has 0 N–H and O–H groups in total. The molecular weight excluding hydrogens is 222 g/mol. The summed E-state index contributed by atoms with van der Waals surface area (Å²) in [6, 6.07) is 0. The van der Waals surface area contributed by atoms with Crippen molar-refractivity contribution < 1.29 is 19.1 Å². The molecule has 0 aromatic carbocycles. The monoisotopic (exact) mass is 245 g/mol. The minimum atomic E-state index is -0.671. The molecule has 17 heavy (non-hydrogen) atoms. The summed E-state index contributed by atoms with van der Waals surface area (Å²) in [6.07, 6.45) is 1.40. The Hall–Kier alpha value is -1.26. The van der Waals surface area contributed by atoms with Gasteiger partial charge >= 0.3 is 12.2 Å². The molecule has 0 rings (SSSR count). The first kappa shape index (κ1) is 15.7. The molecule has 0 unspecified atom stereocenters. The fraction of sp³-hybridized carbons (Fsp3) is 0.833. The molecule has 5 nitrogen and oxygen atoms in total. The van der Waals surface area contributed by atoms with Crippen LogP contribution >= 0.6 is 0 Å². The first-order valence-electron chi connectivity index (χ1n) is 5.90. The summed E-state index contributed by atoms with van der Waals surface area (Å²) >= 11 is 0. The number of hydrogen-bond donors (Lipinski definition) is 0. The highest BCUT2D eigenvalue weighted by Crippen LogP contribution is 2.11. The van der Waals surface area contributed by atoms with Crippen molar-refractivity contribution in [2.75, 3.05) is 13.7 Å². The van der Waals surface area contributed by atoms with Crippen LogP contribution in [0.4, 0.5) is 9.59 Å². The van der Waals surface area contributed by atoms with E-state index in [1.807, 2.05) is 0 Å². The van der Waals surface area contributed by atoms with Gasteiger partial charge in [-0.2, -0.15) is 0 Å². The van der Waals surface area contributed by atoms with Crippen LogP contribution in [0.1, 0.15) is 47.0 Å². The second kappa shape index (κ2) is 7.14. The molecule has 0 aromatic rings. The lowest BCUT2D eigenvalue weighted by Gasteiger charge is -2.25. The quantitative estimate of drug-likeness (QED) is 0.714. The minimum Gasteiger partial charge on any atom is -0.452 e. The van der Waals surface area contributed by atoms with Gasteiger partial charge in [0.15, 0.2) is 0 Å². The van der Waals surface area contributed by atoms with Crippen LogP contribution in [0.3, 0.4) is 0 Å². The number of imide groups is 1. The fourth-order valence-corrected chi connectivity index (χ4v) is 1.20. The predicted octanol–water partition coefficient (Wildman–Crippen LogP) is 3.18. The molecule has 5 heteroatoms. The van der Waals surface area contributed by atoms with E-state index in [-0.39, 0.29) is 0 Å². The van der Waals surface area contributed by atoms with E-state index >= 15 is 0 Å². The van der Waals surface area contributed by atoms with Gasteiger partial charge < -0.3 is 9.47 Å². The van der Waals surface area contributed by atoms with Gasteiger partial charge in [0.05, 0.1) is 7.11 Å². The molecule has 2 amide bonds. The molecule has 0 spiro atoms. The zero-order valence-electron chi connectivity index (χ0n) is 11.4. The van der Waals surface area contributed by atoms with E-state index in [2.05, 4.69) is 11.7 Å². The Morgan fingerprint density at radius 2 is 1.71 bits per heavy atom. The number of hydrogen-bond acceptors (Lipinski definition) is 4. The molecular formula is C12H23NO4. The Morgan fingerprint density at radius 1 is 1.12 bits per heavy atom. The van der Waals surface area contributed by atoms with E-state index in [1.165, 1.54) is 7.11 Å². The van der Waals surface area contributed by atoms with Crippen molar-refractivity contribution in [3.8, 4) is 0 Å². The second-order valence-corrected chi connectivity index (χ2v) is 4.81. The van der Waals surface area contributed by atoms with Crippen LogP contribution < -0.4 is 0 Å². The third-order valence-electron chi connectivity index (χ3n) is 1.99. The molecule has 0 saturated carbocycles. The van der Waals surface area contributed by atoms with Crippen LogP contribution in [0.15, 0.2) is 0 Å². The van der Waals surface area contributed by atoms with E-state index in [4.69, 9.17) is 4.74 Å². The van der Waals surface area contributed by atoms with Crippen LogP contribution in [0.2, 0.25) is 0 Å². The van der Waals surface area contributed by atoms with Gasteiger partial charge in [-0.3, -0.25) is 0 Å². The maximum absolute atomic E-state index is 11.8. The molecule has 0 saturated heterocycles. The Labute approximate surface area is 103 Å². The van der Waals surface area contributed by atoms with Crippen LogP contribution in [0.25, 0.3) is 0 Å². The van der Waals surface area contributed by atoms with E-state index < -0.39 is 17.8 Å². The standard InChI is InChI=1S/C12H23NO4/c1-6-7-8-9-13(10(14)16-5)11(15)17-12(2,3)4/h6-9H2,1-5H3. The van der Waals surface area contributed by atoms with E-state index in [0.717, 1.165) is 24.2 Å². The van der Waals surface area contributed by atoms with Crippen molar-refractivity contribution in [2.24, 2.45) is 0 Å². The van der Waals surface area contributed by atoms with Crippen LogP contribution in [0, 0.1) is 0 Å². The lowest BCUT2D eigenvalue weighted by atomic mass is 10.2. The largest absolute Gasteiger partial charge is 0.452 e. The summed E-state index contributed by atoms with van der Waals surface area (Å²) in [5.41, 5.74) is -0.617. The Balaban J connectivity index is 4.46. The lowest BCUT2D eigenvalue weighted by Crippen LogP contribution is -2.41. The summed E-state index contributed by atoms with van der Waals surface area (Å²) in [7, 11) is 1.25. The highest BCUT2D eigenvalue weighted by atomic mass is 16.6. The van der Waals surface area contributed by atoms with Gasteiger partial charge in [0, 0.05) is 6.54 Å². The number of carbonyl (C=O) groups is 2. The second-order valence-electron chi connectivity index (χ2n) is 4.81. The minimum absolute atomic E-state index is 0.329. The molecule has 0 atom stereocenters. The maximum Gasteiger partial charge on any atom is 0.419 e. The highest BCUT2D eigenvalue weighted by molar-refractivity contribution is 5.87. The highest BCUT2D eigenvalue weighted by Gasteiger charge is 2.27. The van der Waals surface area contributed by atoms with Crippen LogP contribution in [-0.4, -0.2) is 36.3 Å². The summed E-state index contributed by atoms with van der Waals surface area (Å²) in [5.74, 6) is 0. The van der Waals surface area contributed by atoms with E-state index in [9.17, 15) is 9.59 Å². The normalized spacial score (nSPS) is 10.9. The predicted molar refractivity (Wildman–Crippen MR) is 64.9 cm³/mol. The van der Waals surface area contributed by atoms with Gasteiger partial charge in [0.2, 0.25) is 0 Å². The Kier molecular flexibility index (Phi) is 6.61. The molecule has 0 aliphatic carbocycles. The molecule has 0 bridgehead atoms. The number of carbonyl (C=O) groups excluding carboxylic acids is 2. The number of ether oxygens (including phenoxy) is 2. The summed E-state index contributed by atoms with van der Waals surface area (Å²) in [4.78, 5) is 24.2. The van der Waals surface area contributed by atoms with Crippen LogP contribution in [-0.2, 0) is 9.47 Å². The summed E-state index contributed by atoms with van der Waals surface area (Å²) in [6.45, 7) is 7.65. The van der Waals surface area contributed by atoms with Crippen molar-refractivity contribution in [3.63, 3.8) is 0 Å². The number of unbranched alkanes of at least 4 members (excludes halogenated alkanes) is 2. The van der Waals surface area contributed by atoms with Gasteiger partial charge in [-0.15, -0.1) is 0 Å². The average molecular weight is 245 g/mol. The van der Waals surface area contributed by atoms with Crippen molar-refractivity contribution in [3.05, 3.63) is 0 Å². The molecule has 0 heterocycles. The van der Waals surface area contributed by atoms with E-state index in [1.54, 1.807) is 20.8 Å². The number of nitrogens with zero attached hydrogens (tertiary/aromatic N) is 1. The average Bonchev–Trinajstić information content (AvgIpc) is 2.20. The van der Waals surface area contributed by atoms with Gasteiger partial charge in [-0.25, -0.2) is 14.5 Å². The molecule has 0 aliphatic rings. The van der Waals surface area contributed by atoms with Crippen molar-refractivity contribution in [1.82, 2.24) is 4.90 Å². The smallest absolute Gasteiger partial charge is 0.419 e. The molecule has 0 fully saturated rings. The zero-order chi connectivity index (χ0) is 13.5. The Bertz CT molecular complexity index is 258. The third-order valence-corrected chi connectivity index (χ3v) is 1.99. The molecule has 100 valence electrons. The topological polar surface area (TPSA) is 55.8 Å². The van der Waals surface area contributed by atoms with Crippen molar-refractivity contribution >= 4 is 12.2 Å². The fourth-order valence-electron chi connectivity index (χ4n) is 1.20. The van der Waals surface area contributed by atoms with Gasteiger partial charge in [0.25, 0.3) is 0 Å². The van der Waals surface area contributed by atoms with Crippen molar-refractivity contribution in [1.29, 1.82) is 0 Å². The van der Waals surface area contributed by atoms with Gasteiger partial charge in [-0.05, 0) is 27.2 Å². The number of rotatable bonds is 4. The van der Waals surface area contributed by atoms with E-state index in [0.29, 0.717) is 6.54 Å². The van der Waals surface area contributed by atoms with Gasteiger partial charge in [0.1, 0.15) is 5.60 Å². The SMILES string of the molecule is CCCCCN(C(=O)OC)C(=O)OC(C)(C)C. The molecule has 0 radical (unpaired) electrons. The lowest BCUT2D eigenvalue weighted by molar-refractivity contribution is 0.0243. The zero-order valence-corrected chi connectivity index (χ0v) is 11.4. The molecule has 0 aliphatic heterocycles. The Morgan fingerprint density at radius 3 is 2.12 bits per heavy atom. The number of amides is 2. The number of methoxy groups -OCH3 is 1. The summed E-state index contributed by atoms with van der Waals surface area (Å²) in [5, 5.41) is 0. The van der Waals surface area contributed by atoms with Crippen LogP contribution in [0.5, 0.6) is 0 Å². The maximum atomic E-state index is 11.8.